The lowest BCUT2D eigenvalue weighted by atomic mass is 10.0. The van der Waals surface area contributed by atoms with Crippen LogP contribution in [0.3, 0.4) is 0 Å². The van der Waals surface area contributed by atoms with Crippen LogP contribution in [-0.2, 0) is 14.3 Å². The van der Waals surface area contributed by atoms with Gasteiger partial charge in [0, 0.05) is 57.0 Å². The lowest BCUT2D eigenvalue weighted by molar-refractivity contribution is -0.135. The Morgan fingerprint density at radius 3 is 2.94 bits per heavy atom. The maximum Gasteiger partial charge on any atom is 0.261 e. The predicted octanol–water partition coefficient (Wildman–Crippen LogP) is 2.06. The van der Waals surface area contributed by atoms with E-state index in [1.165, 1.54) is 17.8 Å². The number of nitrogens with zero attached hydrogens (tertiary/aromatic N) is 3. The largest absolute Gasteiger partial charge is 0.383 e. The van der Waals surface area contributed by atoms with E-state index in [-0.39, 0.29) is 17.9 Å². The molecule has 1 unspecified atom stereocenters. The third kappa shape index (κ3) is 5.23. The molecular weight excluding hydrogens is 416 g/mol. The number of morpholine rings is 1. The highest BCUT2D eigenvalue weighted by molar-refractivity contribution is 7.20. The molecule has 8 nitrogen and oxygen atoms in total. The van der Waals surface area contributed by atoms with Gasteiger partial charge < -0.3 is 19.7 Å². The van der Waals surface area contributed by atoms with Crippen LogP contribution in [0.2, 0.25) is 0 Å². The molecule has 2 fully saturated rings. The number of fused-ring (bicyclic) bond motifs is 1. The number of aromatic nitrogens is 1. The van der Waals surface area contributed by atoms with Crippen molar-refractivity contribution in [3.63, 3.8) is 0 Å². The van der Waals surface area contributed by atoms with Crippen LogP contribution in [0.4, 0.5) is 0 Å². The van der Waals surface area contributed by atoms with E-state index in [0.717, 1.165) is 41.7 Å². The molecule has 1 atom stereocenters. The smallest absolute Gasteiger partial charge is 0.261 e. The number of methoxy groups -OCH3 is 1. The molecule has 0 saturated carbocycles. The molecule has 0 spiro atoms. The van der Waals surface area contributed by atoms with Gasteiger partial charge in [-0.15, -0.1) is 11.3 Å². The number of rotatable bonds is 7. The zero-order chi connectivity index (χ0) is 21.6. The quantitative estimate of drug-likeness (QED) is 0.656. The molecular formula is C22H30N4O4S. The van der Waals surface area contributed by atoms with Crippen molar-refractivity contribution in [1.82, 2.24) is 20.1 Å². The second kappa shape index (κ2) is 10.5. The number of likely N-dealkylation sites (tertiary alicyclic amines) is 1. The molecule has 2 aromatic rings. The molecule has 31 heavy (non-hydrogen) atoms. The molecule has 9 heteroatoms. The Hall–Kier alpha value is -2.07. The van der Waals surface area contributed by atoms with Gasteiger partial charge in [0.1, 0.15) is 9.71 Å². The van der Waals surface area contributed by atoms with E-state index in [9.17, 15) is 9.59 Å². The SMILES string of the molecule is COCCNC(=O)c1sc2ncccc2c1C1CN(CC(=O)N2CCCCC2)CCO1. The summed E-state index contributed by atoms with van der Waals surface area (Å²) in [4.78, 5) is 35.7. The number of hydrogen-bond donors (Lipinski definition) is 1. The molecule has 1 N–H and O–H groups in total. The highest BCUT2D eigenvalue weighted by Crippen LogP contribution is 2.37. The fraction of sp³-hybridized carbons (Fsp3) is 0.591. The Kier molecular flexibility index (Phi) is 7.49. The minimum absolute atomic E-state index is 0.139. The van der Waals surface area contributed by atoms with Crippen molar-refractivity contribution >= 4 is 33.4 Å². The van der Waals surface area contributed by atoms with Crippen molar-refractivity contribution in [3.05, 3.63) is 28.8 Å². The second-order valence-corrected chi connectivity index (χ2v) is 8.98. The van der Waals surface area contributed by atoms with Gasteiger partial charge in [-0.1, -0.05) is 6.07 Å². The first-order valence-corrected chi connectivity index (χ1v) is 11.8. The molecule has 0 aromatic carbocycles. The van der Waals surface area contributed by atoms with Gasteiger partial charge in [0.05, 0.1) is 25.9 Å². The molecule has 2 amide bonds. The standard InChI is InChI=1S/C22H30N4O4S/c1-29-12-8-23-21(28)20-19(16-6-5-7-24-22(16)31-20)17-14-25(11-13-30-17)15-18(27)26-9-3-2-4-10-26/h5-7,17H,2-4,8-15H2,1H3,(H,23,28). The van der Waals surface area contributed by atoms with Gasteiger partial charge >= 0.3 is 0 Å². The van der Waals surface area contributed by atoms with E-state index < -0.39 is 0 Å². The zero-order valence-electron chi connectivity index (χ0n) is 18.0. The van der Waals surface area contributed by atoms with Crippen LogP contribution in [0.1, 0.15) is 40.6 Å². The first-order valence-electron chi connectivity index (χ1n) is 10.9. The van der Waals surface area contributed by atoms with Crippen LogP contribution in [-0.4, -0.2) is 86.2 Å². The summed E-state index contributed by atoms with van der Waals surface area (Å²) < 4.78 is 11.2. The summed E-state index contributed by atoms with van der Waals surface area (Å²) in [5.74, 6) is 0.0508. The molecule has 0 radical (unpaired) electrons. The third-order valence-corrected chi connectivity index (χ3v) is 6.97. The van der Waals surface area contributed by atoms with E-state index in [4.69, 9.17) is 9.47 Å². The van der Waals surface area contributed by atoms with Crippen LogP contribution >= 0.6 is 11.3 Å². The Bertz CT molecular complexity index is 912. The monoisotopic (exact) mass is 446 g/mol. The van der Waals surface area contributed by atoms with Crippen LogP contribution in [0.25, 0.3) is 10.2 Å². The lowest BCUT2D eigenvalue weighted by Crippen LogP contribution is -2.47. The van der Waals surface area contributed by atoms with Gasteiger partial charge in [-0.3, -0.25) is 14.5 Å². The highest BCUT2D eigenvalue weighted by Gasteiger charge is 2.31. The lowest BCUT2D eigenvalue weighted by Gasteiger charge is -2.35. The summed E-state index contributed by atoms with van der Waals surface area (Å²) in [7, 11) is 1.61. The minimum atomic E-state index is -0.274. The summed E-state index contributed by atoms with van der Waals surface area (Å²) in [6.07, 6.45) is 4.85. The Labute approximate surface area is 186 Å². The van der Waals surface area contributed by atoms with E-state index in [1.807, 2.05) is 17.0 Å². The number of piperidine rings is 1. The van der Waals surface area contributed by atoms with Gasteiger partial charge in [0.2, 0.25) is 5.91 Å². The summed E-state index contributed by atoms with van der Waals surface area (Å²) in [6, 6.07) is 3.87. The van der Waals surface area contributed by atoms with Crippen LogP contribution in [0.15, 0.2) is 18.3 Å². The van der Waals surface area contributed by atoms with Crippen molar-refractivity contribution in [2.75, 3.05) is 59.6 Å². The fourth-order valence-electron chi connectivity index (χ4n) is 4.24. The number of amides is 2. The highest BCUT2D eigenvalue weighted by atomic mass is 32.1. The zero-order valence-corrected chi connectivity index (χ0v) is 18.8. The molecule has 2 aromatic heterocycles. The summed E-state index contributed by atoms with van der Waals surface area (Å²) in [6.45, 7) is 4.84. The van der Waals surface area contributed by atoms with Gasteiger partial charge in [-0.05, 0) is 25.3 Å². The molecule has 2 saturated heterocycles. The average molecular weight is 447 g/mol. The maximum absolute atomic E-state index is 12.9. The van der Waals surface area contributed by atoms with Crippen molar-refractivity contribution in [2.45, 2.75) is 25.4 Å². The van der Waals surface area contributed by atoms with Crippen molar-refractivity contribution in [2.24, 2.45) is 0 Å². The van der Waals surface area contributed by atoms with Gasteiger partial charge in [0.15, 0.2) is 0 Å². The van der Waals surface area contributed by atoms with Gasteiger partial charge in [-0.2, -0.15) is 0 Å². The third-order valence-electron chi connectivity index (χ3n) is 5.84. The van der Waals surface area contributed by atoms with Crippen LogP contribution in [0, 0.1) is 0 Å². The Balaban J connectivity index is 1.52. The number of hydrogen-bond acceptors (Lipinski definition) is 7. The number of carbonyl (C=O) groups excluding carboxylic acids is 2. The first kappa shape index (κ1) is 22.1. The number of pyridine rings is 1. The van der Waals surface area contributed by atoms with Crippen molar-refractivity contribution in [3.8, 4) is 0 Å². The topological polar surface area (TPSA) is 84.0 Å². The molecule has 4 heterocycles. The molecule has 0 aliphatic carbocycles. The Morgan fingerprint density at radius 1 is 1.29 bits per heavy atom. The summed E-state index contributed by atoms with van der Waals surface area (Å²) in [5, 5.41) is 3.86. The molecule has 168 valence electrons. The average Bonchev–Trinajstić information content (AvgIpc) is 3.20. The number of nitrogens with one attached hydrogen (secondary N) is 1. The number of thiophene rings is 1. The fourth-order valence-corrected chi connectivity index (χ4v) is 5.35. The number of ether oxygens (including phenoxy) is 2. The molecule has 4 rings (SSSR count). The Morgan fingerprint density at radius 2 is 2.13 bits per heavy atom. The van der Waals surface area contributed by atoms with Crippen molar-refractivity contribution in [1.29, 1.82) is 0 Å². The van der Waals surface area contributed by atoms with E-state index >= 15 is 0 Å². The van der Waals surface area contributed by atoms with Crippen molar-refractivity contribution < 1.29 is 19.1 Å². The van der Waals surface area contributed by atoms with E-state index in [2.05, 4.69) is 15.2 Å². The van der Waals surface area contributed by atoms with E-state index in [0.29, 0.717) is 44.3 Å². The normalized spacial score (nSPS) is 20.2. The van der Waals surface area contributed by atoms with Gasteiger partial charge in [-0.25, -0.2) is 4.98 Å². The molecule has 0 bridgehead atoms. The molecule has 2 aliphatic rings. The van der Waals surface area contributed by atoms with Crippen LogP contribution < -0.4 is 5.32 Å². The minimum Gasteiger partial charge on any atom is -0.383 e. The molecule has 2 aliphatic heterocycles. The maximum atomic E-state index is 12.9. The summed E-state index contributed by atoms with van der Waals surface area (Å²) in [5.41, 5.74) is 0.873. The predicted molar refractivity (Wildman–Crippen MR) is 119 cm³/mol. The second-order valence-electron chi connectivity index (χ2n) is 7.99. The first-order chi connectivity index (χ1) is 15.2. The number of carbonyl (C=O) groups is 2. The van der Waals surface area contributed by atoms with Gasteiger partial charge in [0.25, 0.3) is 5.91 Å². The van der Waals surface area contributed by atoms with E-state index in [1.54, 1.807) is 13.3 Å². The summed E-state index contributed by atoms with van der Waals surface area (Å²) >= 11 is 1.38. The van der Waals surface area contributed by atoms with Crippen LogP contribution in [0.5, 0.6) is 0 Å².